The second-order valence-corrected chi connectivity index (χ2v) is 3.91. The van der Waals surface area contributed by atoms with Gasteiger partial charge in [0.1, 0.15) is 11.3 Å². The van der Waals surface area contributed by atoms with Gasteiger partial charge in [-0.25, -0.2) is 4.79 Å². The van der Waals surface area contributed by atoms with E-state index in [0.29, 0.717) is 7.11 Å². The molecule has 0 aliphatic heterocycles. The predicted octanol–water partition coefficient (Wildman–Crippen LogP) is 4.89. The van der Waals surface area contributed by atoms with E-state index in [9.17, 15) is 44.3 Å². The molecular weight excluding hydrogens is 351 g/mol. The molecule has 0 N–H and O–H groups in total. The van der Waals surface area contributed by atoms with E-state index < -0.39 is 47.1 Å². The highest BCUT2D eigenvalue weighted by Gasteiger charge is 2.52. The van der Waals surface area contributed by atoms with E-state index >= 15 is 0 Å². The van der Waals surface area contributed by atoms with Gasteiger partial charge in [0.05, 0.1) is 18.2 Å². The zero-order valence-electron chi connectivity index (χ0n) is 10.8. The number of benzene rings is 1. The highest BCUT2D eigenvalue weighted by Crippen LogP contribution is 2.49. The van der Waals surface area contributed by atoms with Gasteiger partial charge in [0.25, 0.3) is 0 Å². The zero-order valence-corrected chi connectivity index (χ0v) is 10.8. The van der Waals surface area contributed by atoms with Crippen molar-refractivity contribution in [1.82, 2.24) is 0 Å². The van der Waals surface area contributed by atoms with Crippen LogP contribution in [0.25, 0.3) is 0 Å². The molecule has 12 heteroatoms. The highest BCUT2D eigenvalue weighted by molar-refractivity contribution is 5.65. The molecule has 3 nitrogen and oxygen atoms in total. The second kappa shape index (κ2) is 5.81. The first-order valence-corrected chi connectivity index (χ1v) is 5.34. The lowest BCUT2D eigenvalue weighted by Crippen LogP contribution is -2.24. The molecule has 0 spiro atoms. The molecule has 0 saturated heterocycles. The van der Waals surface area contributed by atoms with Crippen LogP contribution < -0.4 is 4.74 Å². The van der Waals surface area contributed by atoms with E-state index in [4.69, 9.17) is 0 Å². The van der Waals surface area contributed by atoms with Gasteiger partial charge in [-0.1, -0.05) is 0 Å². The van der Waals surface area contributed by atoms with Gasteiger partial charge in [-0.05, 0) is 12.1 Å². The number of rotatable bonds is 1. The van der Waals surface area contributed by atoms with Crippen molar-refractivity contribution in [2.45, 2.75) is 18.5 Å². The van der Waals surface area contributed by atoms with Crippen molar-refractivity contribution in [3.05, 3.63) is 28.8 Å². The molecule has 0 unspecified atom stereocenters. The lowest BCUT2D eigenvalue weighted by molar-refractivity contribution is -0.175. The van der Waals surface area contributed by atoms with Crippen molar-refractivity contribution in [1.29, 1.82) is 0 Å². The highest BCUT2D eigenvalue weighted by atomic mass is 19.4. The third-order valence-corrected chi connectivity index (χ3v) is 2.40. The first-order valence-electron chi connectivity index (χ1n) is 5.34. The third-order valence-electron chi connectivity index (χ3n) is 2.40. The lowest BCUT2D eigenvalue weighted by atomic mass is 9.98. The molecular formula is C11H5F9O3. The van der Waals surface area contributed by atoms with Crippen LogP contribution in [0.5, 0.6) is 5.75 Å². The first kappa shape index (κ1) is 18.9. The van der Waals surface area contributed by atoms with Gasteiger partial charge in [-0.2, -0.15) is 39.5 Å². The fourth-order valence-corrected chi connectivity index (χ4v) is 1.61. The van der Waals surface area contributed by atoms with Crippen LogP contribution in [0.3, 0.4) is 0 Å². The molecule has 0 heterocycles. The average molecular weight is 356 g/mol. The maximum absolute atomic E-state index is 12.9. The third kappa shape index (κ3) is 4.20. The molecule has 1 aromatic rings. The van der Waals surface area contributed by atoms with Crippen LogP contribution >= 0.6 is 0 Å². The van der Waals surface area contributed by atoms with Crippen molar-refractivity contribution >= 4 is 6.16 Å². The van der Waals surface area contributed by atoms with Gasteiger partial charge in [-0.15, -0.1) is 0 Å². The minimum Gasteiger partial charge on any atom is -0.437 e. The predicted molar refractivity (Wildman–Crippen MR) is 54.5 cm³/mol. The Balaban J connectivity index is 3.82. The quantitative estimate of drug-likeness (QED) is 0.408. The van der Waals surface area contributed by atoms with E-state index in [1.807, 2.05) is 0 Å². The first-order chi connectivity index (χ1) is 10.2. The van der Waals surface area contributed by atoms with E-state index in [1.165, 1.54) is 0 Å². The smallest absolute Gasteiger partial charge is 0.437 e. The van der Waals surface area contributed by atoms with Crippen molar-refractivity contribution in [3.63, 3.8) is 0 Å². The molecule has 130 valence electrons. The summed E-state index contributed by atoms with van der Waals surface area (Å²) >= 11 is 0. The molecule has 1 rings (SSSR count). The molecule has 0 atom stereocenters. The monoisotopic (exact) mass is 356 g/mol. The van der Waals surface area contributed by atoms with Crippen LogP contribution in [0.4, 0.5) is 44.3 Å². The van der Waals surface area contributed by atoms with Crippen LogP contribution in [0.1, 0.15) is 16.7 Å². The summed E-state index contributed by atoms with van der Waals surface area (Å²) in [5.74, 6) is -1.76. The second-order valence-electron chi connectivity index (χ2n) is 3.91. The number of halogens is 9. The SMILES string of the molecule is COC(=O)Oc1ccc(C(F)(F)F)c(C(F)(F)F)c1C(F)(F)F. The topological polar surface area (TPSA) is 35.5 Å². The minimum atomic E-state index is -6.01. The molecule has 0 aliphatic carbocycles. The molecule has 0 saturated carbocycles. The molecule has 0 fully saturated rings. The van der Waals surface area contributed by atoms with E-state index in [2.05, 4.69) is 9.47 Å². The fourth-order valence-electron chi connectivity index (χ4n) is 1.61. The van der Waals surface area contributed by atoms with Crippen LogP contribution in [0, 0.1) is 0 Å². The summed E-state index contributed by atoms with van der Waals surface area (Å²) in [6.45, 7) is 0. The standard InChI is InChI=1S/C11H5F9O3/c1-22-8(21)23-5-3-2-4(9(12,13)14)6(10(15,16)17)7(5)11(18,19)20/h2-3H,1H3. The van der Waals surface area contributed by atoms with E-state index in [1.54, 1.807) is 0 Å². The Morgan fingerprint density at radius 1 is 0.826 bits per heavy atom. The molecule has 0 bridgehead atoms. The van der Waals surface area contributed by atoms with Crippen LogP contribution in [-0.4, -0.2) is 13.3 Å². The van der Waals surface area contributed by atoms with Gasteiger partial charge in [-0.3, -0.25) is 0 Å². The Labute approximate surface area is 121 Å². The summed E-state index contributed by atoms with van der Waals surface area (Å²) in [5.41, 5.74) is -8.33. The maximum Gasteiger partial charge on any atom is 0.513 e. The molecule has 1 aromatic carbocycles. The van der Waals surface area contributed by atoms with E-state index in [-0.39, 0.29) is 12.1 Å². The van der Waals surface area contributed by atoms with Crippen molar-refractivity contribution in [2.24, 2.45) is 0 Å². The Bertz CT molecular complexity index is 598. The number of alkyl halides is 9. The Kier molecular flexibility index (Phi) is 4.78. The number of hydrogen-bond acceptors (Lipinski definition) is 3. The molecule has 0 aromatic heterocycles. The van der Waals surface area contributed by atoms with Crippen LogP contribution in [0.15, 0.2) is 12.1 Å². The van der Waals surface area contributed by atoms with Gasteiger partial charge in [0.2, 0.25) is 0 Å². The van der Waals surface area contributed by atoms with Gasteiger partial charge < -0.3 is 9.47 Å². The number of ether oxygens (including phenoxy) is 2. The van der Waals surface area contributed by atoms with Crippen LogP contribution in [0.2, 0.25) is 0 Å². The number of methoxy groups -OCH3 is 1. The summed E-state index contributed by atoms with van der Waals surface area (Å²) in [6.07, 6.45) is -19.4. The van der Waals surface area contributed by atoms with Gasteiger partial charge >= 0.3 is 24.7 Å². The Morgan fingerprint density at radius 2 is 1.30 bits per heavy atom. The lowest BCUT2D eigenvalue weighted by Gasteiger charge is -2.22. The summed E-state index contributed by atoms with van der Waals surface area (Å²) in [5, 5.41) is 0. The summed E-state index contributed by atoms with van der Waals surface area (Å²) in [7, 11) is 0.643. The normalized spacial score (nSPS) is 13.0. The zero-order chi connectivity index (χ0) is 18.2. The van der Waals surface area contributed by atoms with Gasteiger partial charge in [0.15, 0.2) is 0 Å². The fraction of sp³-hybridized carbons (Fsp3) is 0.364. The van der Waals surface area contributed by atoms with Gasteiger partial charge in [0, 0.05) is 0 Å². The Morgan fingerprint density at radius 3 is 1.65 bits per heavy atom. The molecule has 0 radical (unpaired) electrons. The summed E-state index contributed by atoms with van der Waals surface area (Å²) < 4.78 is 122. The molecule has 0 aliphatic rings. The number of hydrogen-bond donors (Lipinski definition) is 0. The Hall–Kier alpha value is -2.14. The van der Waals surface area contributed by atoms with Crippen molar-refractivity contribution in [2.75, 3.05) is 7.11 Å². The van der Waals surface area contributed by atoms with Crippen molar-refractivity contribution in [3.8, 4) is 5.75 Å². The largest absolute Gasteiger partial charge is 0.513 e. The minimum absolute atomic E-state index is 0.0438. The van der Waals surface area contributed by atoms with Crippen LogP contribution in [-0.2, 0) is 23.3 Å². The average Bonchev–Trinajstić information content (AvgIpc) is 2.34. The maximum atomic E-state index is 12.9. The number of carbonyl (C=O) groups excluding carboxylic acids is 1. The van der Waals surface area contributed by atoms with Crippen molar-refractivity contribution < 1.29 is 53.8 Å². The summed E-state index contributed by atoms with van der Waals surface area (Å²) in [4.78, 5) is 10.8. The molecule has 0 amide bonds. The molecule has 23 heavy (non-hydrogen) atoms. The summed E-state index contributed by atoms with van der Waals surface area (Å²) in [6, 6.07) is -0.311. The van der Waals surface area contributed by atoms with E-state index in [0.717, 1.165) is 0 Å². The number of carbonyl (C=O) groups is 1.